The van der Waals surface area contributed by atoms with Crippen LogP contribution in [-0.2, 0) is 9.53 Å². The summed E-state index contributed by atoms with van der Waals surface area (Å²) in [6.07, 6.45) is 0.335. The molecule has 0 spiro atoms. The lowest BCUT2D eigenvalue weighted by Gasteiger charge is -2.05. The largest absolute Gasteiger partial charge is 0.384 e. The second-order valence-electron chi connectivity index (χ2n) is 2.77. The summed E-state index contributed by atoms with van der Waals surface area (Å²) in [7, 11) is 1.56. The van der Waals surface area contributed by atoms with Crippen molar-refractivity contribution in [2.45, 2.75) is 6.42 Å². The number of halogens is 1. The zero-order valence-corrected chi connectivity index (χ0v) is 8.67. The Kier molecular flexibility index (Phi) is 4.43. The highest BCUT2D eigenvalue weighted by Gasteiger charge is 2.03. The number of carbonyl (C=O) groups is 1. The predicted octanol–water partition coefficient (Wildman–Crippen LogP) is 2.32. The lowest BCUT2D eigenvalue weighted by Crippen LogP contribution is -2.13. The van der Waals surface area contributed by atoms with Gasteiger partial charge in [0.1, 0.15) is 0 Å². The zero-order chi connectivity index (χ0) is 10.4. The molecule has 4 heteroatoms. The van der Waals surface area contributed by atoms with Crippen LogP contribution in [0.2, 0.25) is 5.02 Å². The van der Waals surface area contributed by atoms with Crippen molar-refractivity contribution < 1.29 is 9.53 Å². The fourth-order valence-electron chi connectivity index (χ4n) is 0.970. The van der Waals surface area contributed by atoms with Crippen molar-refractivity contribution in [3.8, 4) is 0 Å². The van der Waals surface area contributed by atoms with E-state index in [4.69, 9.17) is 16.3 Å². The van der Waals surface area contributed by atoms with E-state index in [0.29, 0.717) is 23.7 Å². The van der Waals surface area contributed by atoms with E-state index in [1.807, 2.05) is 12.1 Å². The summed E-state index contributed by atoms with van der Waals surface area (Å²) in [4.78, 5) is 11.3. The Hall–Kier alpha value is -1.06. The first-order valence-corrected chi connectivity index (χ1v) is 4.65. The van der Waals surface area contributed by atoms with Gasteiger partial charge in [0.25, 0.3) is 0 Å². The van der Waals surface area contributed by atoms with Crippen LogP contribution in [0.25, 0.3) is 0 Å². The molecule has 0 heterocycles. The monoisotopic (exact) mass is 213 g/mol. The highest BCUT2D eigenvalue weighted by Crippen LogP contribution is 2.20. The molecule has 14 heavy (non-hydrogen) atoms. The van der Waals surface area contributed by atoms with Crippen molar-refractivity contribution in [2.75, 3.05) is 19.0 Å². The van der Waals surface area contributed by atoms with Gasteiger partial charge < -0.3 is 10.1 Å². The van der Waals surface area contributed by atoms with Gasteiger partial charge in [-0.25, -0.2) is 0 Å². The Morgan fingerprint density at radius 3 is 2.86 bits per heavy atom. The molecule has 0 radical (unpaired) electrons. The fourth-order valence-corrected chi connectivity index (χ4v) is 1.15. The molecule has 0 saturated carbocycles. The van der Waals surface area contributed by atoms with Gasteiger partial charge in [0.05, 0.1) is 23.7 Å². The predicted molar refractivity (Wildman–Crippen MR) is 56.6 cm³/mol. The molecule has 0 aromatic heterocycles. The van der Waals surface area contributed by atoms with E-state index in [1.165, 1.54) is 0 Å². The third-order valence-electron chi connectivity index (χ3n) is 1.68. The topological polar surface area (TPSA) is 38.3 Å². The first-order valence-electron chi connectivity index (χ1n) is 4.27. The van der Waals surface area contributed by atoms with E-state index in [1.54, 1.807) is 19.2 Å². The minimum atomic E-state index is -0.0973. The number of hydrogen-bond acceptors (Lipinski definition) is 2. The average Bonchev–Trinajstić information content (AvgIpc) is 2.18. The van der Waals surface area contributed by atoms with Crippen molar-refractivity contribution >= 4 is 23.2 Å². The SMILES string of the molecule is COCCC(=O)Nc1ccccc1Cl. The number of rotatable bonds is 4. The van der Waals surface area contributed by atoms with Gasteiger partial charge in [-0.2, -0.15) is 0 Å². The maximum Gasteiger partial charge on any atom is 0.226 e. The molecule has 1 N–H and O–H groups in total. The average molecular weight is 214 g/mol. The lowest BCUT2D eigenvalue weighted by atomic mass is 10.3. The van der Waals surface area contributed by atoms with Gasteiger partial charge in [0.2, 0.25) is 5.91 Å². The van der Waals surface area contributed by atoms with Gasteiger partial charge >= 0.3 is 0 Å². The number of amides is 1. The van der Waals surface area contributed by atoms with Crippen molar-refractivity contribution in [2.24, 2.45) is 0 Å². The van der Waals surface area contributed by atoms with E-state index < -0.39 is 0 Å². The van der Waals surface area contributed by atoms with Crippen LogP contribution < -0.4 is 5.32 Å². The van der Waals surface area contributed by atoms with Crippen molar-refractivity contribution in [1.82, 2.24) is 0 Å². The van der Waals surface area contributed by atoms with E-state index in [-0.39, 0.29) is 5.91 Å². The Bertz CT molecular complexity index is 315. The number of methoxy groups -OCH3 is 1. The van der Waals surface area contributed by atoms with Crippen LogP contribution in [0, 0.1) is 0 Å². The molecule has 1 amide bonds. The fraction of sp³-hybridized carbons (Fsp3) is 0.300. The molecule has 0 atom stereocenters. The van der Waals surface area contributed by atoms with Crippen molar-refractivity contribution in [1.29, 1.82) is 0 Å². The van der Waals surface area contributed by atoms with Crippen LogP contribution >= 0.6 is 11.6 Å². The first kappa shape index (κ1) is 11.0. The number of nitrogens with one attached hydrogen (secondary N) is 1. The second kappa shape index (κ2) is 5.62. The molecule has 0 saturated heterocycles. The summed E-state index contributed by atoms with van der Waals surface area (Å²) >= 11 is 5.86. The van der Waals surface area contributed by atoms with Crippen molar-refractivity contribution in [3.63, 3.8) is 0 Å². The van der Waals surface area contributed by atoms with Gasteiger partial charge in [-0.3, -0.25) is 4.79 Å². The summed E-state index contributed by atoms with van der Waals surface area (Å²) in [5.74, 6) is -0.0973. The quantitative estimate of drug-likeness (QED) is 0.834. The number of ether oxygens (including phenoxy) is 1. The van der Waals surface area contributed by atoms with Crippen molar-refractivity contribution in [3.05, 3.63) is 29.3 Å². The maximum atomic E-state index is 11.3. The highest BCUT2D eigenvalue weighted by atomic mass is 35.5. The minimum Gasteiger partial charge on any atom is -0.384 e. The smallest absolute Gasteiger partial charge is 0.226 e. The number of anilines is 1. The van der Waals surface area contributed by atoms with Gasteiger partial charge in [-0.1, -0.05) is 23.7 Å². The normalized spacial score (nSPS) is 9.86. The van der Waals surface area contributed by atoms with Gasteiger partial charge in [-0.05, 0) is 12.1 Å². The summed E-state index contributed by atoms with van der Waals surface area (Å²) in [5, 5.41) is 3.23. The lowest BCUT2D eigenvalue weighted by molar-refractivity contribution is -0.117. The number of carbonyl (C=O) groups excluding carboxylic acids is 1. The summed E-state index contributed by atoms with van der Waals surface area (Å²) in [6, 6.07) is 7.12. The molecule has 0 aliphatic rings. The van der Waals surface area contributed by atoms with Crippen LogP contribution in [0.4, 0.5) is 5.69 Å². The third-order valence-corrected chi connectivity index (χ3v) is 2.01. The van der Waals surface area contributed by atoms with E-state index in [0.717, 1.165) is 0 Å². The molecule has 3 nitrogen and oxygen atoms in total. The summed E-state index contributed by atoms with van der Waals surface area (Å²) < 4.78 is 4.79. The van der Waals surface area contributed by atoms with Crippen LogP contribution in [-0.4, -0.2) is 19.6 Å². The van der Waals surface area contributed by atoms with Crippen LogP contribution in [0.5, 0.6) is 0 Å². The Labute approximate surface area is 88.0 Å². The molecule has 1 aromatic carbocycles. The van der Waals surface area contributed by atoms with E-state index in [2.05, 4.69) is 5.32 Å². The van der Waals surface area contributed by atoms with Crippen LogP contribution in [0.1, 0.15) is 6.42 Å². The van der Waals surface area contributed by atoms with Gasteiger partial charge in [0.15, 0.2) is 0 Å². The number of para-hydroxylation sites is 1. The van der Waals surface area contributed by atoms with Gasteiger partial charge in [-0.15, -0.1) is 0 Å². The standard InChI is InChI=1S/C10H12ClNO2/c1-14-7-6-10(13)12-9-5-3-2-4-8(9)11/h2-5H,6-7H2,1H3,(H,12,13). The molecule has 76 valence electrons. The number of hydrogen-bond donors (Lipinski definition) is 1. The van der Waals surface area contributed by atoms with E-state index in [9.17, 15) is 4.79 Å². The molecule has 1 rings (SSSR count). The molecule has 0 unspecified atom stereocenters. The van der Waals surface area contributed by atoms with Crippen LogP contribution in [0.3, 0.4) is 0 Å². The summed E-state index contributed by atoms with van der Waals surface area (Å²) in [6.45, 7) is 0.413. The molecular formula is C10H12ClNO2. The molecule has 0 bridgehead atoms. The minimum absolute atomic E-state index is 0.0973. The molecular weight excluding hydrogens is 202 g/mol. The molecule has 0 aliphatic carbocycles. The first-order chi connectivity index (χ1) is 6.74. The Morgan fingerprint density at radius 2 is 2.21 bits per heavy atom. The second-order valence-corrected chi connectivity index (χ2v) is 3.18. The highest BCUT2D eigenvalue weighted by molar-refractivity contribution is 6.33. The number of benzene rings is 1. The molecule has 0 aliphatic heterocycles. The van der Waals surface area contributed by atoms with Gasteiger partial charge in [0, 0.05) is 7.11 Å². The molecule has 1 aromatic rings. The van der Waals surface area contributed by atoms with E-state index >= 15 is 0 Å². The third kappa shape index (κ3) is 3.36. The Morgan fingerprint density at radius 1 is 1.50 bits per heavy atom. The Balaban J connectivity index is 2.52. The van der Waals surface area contributed by atoms with Crippen LogP contribution in [0.15, 0.2) is 24.3 Å². The summed E-state index contributed by atoms with van der Waals surface area (Å²) in [5.41, 5.74) is 0.635. The zero-order valence-electron chi connectivity index (χ0n) is 7.92. The maximum absolute atomic E-state index is 11.3. The molecule has 0 fully saturated rings.